The molecular weight excluding hydrogens is 1120 g/mol. The minimum Gasteiger partial charge on any atom is -0.478 e. The zero-order chi connectivity index (χ0) is 62.7. The maximum absolute atomic E-state index is 14.6. The molecule has 0 aromatic heterocycles. The van der Waals surface area contributed by atoms with E-state index in [0.29, 0.717) is 12.8 Å². The summed E-state index contributed by atoms with van der Waals surface area (Å²) in [5.74, 6) is -51.3. The fourth-order valence-electron chi connectivity index (χ4n) is 8.25. The number of carbonyl (C=O) groups excluding carboxylic acids is 5. The van der Waals surface area contributed by atoms with Crippen LogP contribution in [0.5, 0.6) is 0 Å². The Morgan fingerprint density at radius 3 is 0.561 bits per heavy atom. The lowest BCUT2D eigenvalue weighted by molar-refractivity contribution is 0.0342. The summed E-state index contributed by atoms with van der Waals surface area (Å²) in [6.45, 7) is 1.09. The largest absolute Gasteiger partial charge is 0.478 e. The van der Waals surface area contributed by atoms with E-state index < -0.39 is 214 Å². The molecule has 0 saturated heterocycles. The molecule has 0 saturated carbocycles. The molecule has 0 atom stereocenters. The first-order valence-corrected chi connectivity index (χ1v) is 22.6. The van der Waals surface area contributed by atoms with E-state index in [1.54, 1.807) is 0 Å². The van der Waals surface area contributed by atoms with Crippen molar-refractivity contribution < 1.29 is 167 Å². The lowest BCUT2D eigenvalue weighted by atomic mass is 9.85. The van der Waals surface area contributed by atoms with E-state index in [2.05, 4.69) is 9.47 Å². The predicted octanol–water partition coefficient (Wildman–Crippen LogP) is 3.84. The first kappa shape index (κ1) is 64.8. The second-order valence-electron chi connectivity index (χ2n) is 16.4. The fraction of sp³-hybridized carbons (Fsp3) is 0.250. The number of unbranched alkanes of at least 4 members (excludes halogenated alkanes) is 9. The molecule has 3 rings (SSSR count). The van der Waals surface area contributed by atoms with Gasteiger partial charge in [-0.3, -0.25) is 0 Å². The number of ether oxygens (including phenoxy) is 3. The highest BCUT2D eigenvalue weighted by atomic mass is 16.6. The van der Waals surface area contributed by atoms with Gasteiger partial charge < -0.3 is 80.6 Å². The summed E-state index contributed by atoms with van der Waals surface area (Å²) >= 11 is 0. The summed E-state index contributed by atoms with van der Waals surface area (Å²) in [6.07, 6.45) is 6.29. The average molecular weight is 1160 g/mol. The van der Waals surface area contributed by atoms with Gasteiger partial charge in [-0.1, -0.05) is 64.7 Å². The number of hydrogen-bond acceptors (Lipinski definition) is 21. The number of benzene rings is 3. The molecule has 0 aliphatic carbocycles. The van der Waals surface area contributed by atoms with E-state index in [4.69, 9.17) is 4.74 Å². The number of aromatic carboxylic acids is 13. The SMILES string of the molecule is CCCCCCCCCCCCOC(=O)c1c(C(=O)O)c(C(=O)O)c(C(=O)O)c(C(=O)OC(=O)c2c(C(=O)O)c(C(=O)O)c(C(=O)O)c(C(=O)O)c2C(=O)O)c1C(=O)OC(=O)c1c(C(=O)O)c(C(=O)O)c(C(=O)O)c(C(=O)O)c1C(=O)O. The fourth-order valence-corrected chi connectivity index (χ4v) is 8.25. The van der Waals surface area contributed by atoms with Crippen molar-refractivity contribution in [2.24, 2.45) is 0 Å². The lowest BCUT2D eigenvalue weighted by Crippen LogP contribution is -2.33. The Kier molecular flexibility index (Phi) is 21.1. The highest BCUT2D eigenvalue weighted by molar-refractivity contribution is 6.29. The molecule has 0 aliphatic rings. The number of rotatable bonds is 29. The van der Waals surface area contributed by atoms with Crippen molar-refractivity contribution in [3.8, 4) is 0 Å². The third-order valence-corrected chi connectivity index (χ3v) is 11.4. The molecule has 0 spiro atoms. The van der Waals surface area contributed by atoms with Crippen LogP contribution >= 0.6 is 0 Å². The van der Waals surface area contributed by atoms with E-state index in [-0.39, 0.29) is 12.8 Å². The number of carboxylic acids is 13. The maximum atomic E-state index is 14.6. The van der Waals surface area contributed by atoms with Crippen LogP contribution < -0.4 is 0 Å². The first-order valence-electron chi connectivity index (χ1n) is 22.6. The summed E-state index contributed by atoms with van der Waals surface area (Å²) in [7, 11) is 0. The second-order valence-corrected chi connectivity index (χ2v) is 16.4. The van der Waals surface area contributed by atoms with E-state index in [9.17, 15) is 153 Å². The van der Waals surface area contributed by atoms with Crippen LogP contribution in [0.2, 0.25) is 0 Å². The van der Waals surface area contributed by atoms with Gasteiger partial charge in [0.15, 0.2) is 0 Å². The van der Waals surface area contributed by atoms with Crippen LogP contribution in [0.3, 0.4) is 0 Å². The third kappa shape index (κ3) is 13.3. The molecule has 0 unspecified atom stereocenters. The molecule has 34 heteroatoms. The van der Waals surface area contributed by atoms with Crippen molar-refractivity contribution in [3.63, 3.8) is 0 Å². The number of esters is 5. The van der Waals surface area contributed by atoms with Gasteiger partial charge in [-0.05, 0) is 6.42 Å². The Labute approximate surface area is 451 Å². The minimum absolute atomic E-state index is 0.169. The van der Waals surface area contributed by atoms with Crippen LogP contribution in [0.15, 0.2) is 0 Å². The van der Waals surface area contributed by atoms with Gasteiger partial charge in [-0.15, -0.1) is 0 Å². The van der Waals surface area contributed by atoms with Crippen molar-refractivity contribution >= 4 is 107 Å². The summed E-state index contributed by atoms with van der Waals surface area (Å²) in [4.78, 5) is 235. The quantitative estimate of drug-likeness (QED) is 0.0203. The highest BCUT2D eigenvalue weighted by Crippen LogP contribution is 2.36. The van der Waals surface area contributed by atoms with Crippen LogP contribution in [0, 0.1) is 0 Å². The van der Waals surface area contributed by atoms with E-state index >= 15 is 0 Å². The zero-order valence-electron chi connectivity index (χ0n) is 41.2. The van der Waals surface area contributed by atoms with E-state index in [0.717, 1.165) is 38.5 Å². The van der Waals surface area contributed by atoms with Gasteiger partial charge in [-0.2, -0.15) is 0 Å². The van der Waals surface area contributed by atoms with Gasteiger partial charge in [0.25, 0.3) is 0 Å². The smallest absolute Gasteiger partial charge is 0.347 e. The average Bonchev–Trinajstić information content (AvgIpc) is 2.00. The molecule has 434 valence electrons. The molecular formula is C48H38O34. The Morgan fingerprint density at radius 2 is 0.366 bits per heavy atom. The molecule has 34 nitrogen and oxygen atoms in total. The number of carbonyl (C=O) groups is 18. The molecule has 13 N–H and O–H groups in total. The topological polar surface area (TPSA) is 598 Å². The van der Waals surface area contributed by atoms with Gasteiger partial charge >= 0.3 is 107 Å². The highest BCUT2D eigenvalue weighted by Gasteiger charge is 2.47. The molecule has 0 heterocycles. The molecule has 3 aromatic rings. The van der Waals surface area contributed by atoms with Gasteiger partial charge in [-0.25, -0.2) is 86.3 Å². The van der Waals surface area contributed by atoms with Crippen molar-refractivity contribution in [2.45, 2.75) is 71.1 Å². The summed E-state index contributed by atoms with van der Waals surface area (Å²) in [5, 5.41) is 131. The van der Waals surface area contributed by atoms with E-state index in [1.807, 2.05) is 6.92 Å². The molecule has 3 aromatic carbocycles. The Hall–Kier alpha value is -11.5. The van der Waals surface area contributed by atoms with Crippen molar-refractivity contribution in [1.82, 2.24) is 0 Å². The number of carboxylic acid groups (broad SMARTS) is 13. The van der Waals surface area contributed by atoms with Crippen LogP contribution in [0.25, 0.3) is 0 Å². The lowest BCUT2D eigenvalue weighted by Gasteiger charge is -2.21. The number of hydrogen-bond donors (Lipinski definition) is 13. The molecule has 0 bridgehead atoms. The summed E-state index contributed by atoms with van der Waals surface area (Å²) in [6, 6.07) is 0. The minimum atomic E-state index is -3.13. The molecule has 0 aliphatic heterocycles. The first-order chi connectivity index (χ1) is 38.1. The second kappa shape index (κ2) is 26.7. The maximum Gasteiger partial charge on any atom is 0.347 e. The van der Waals surface area contributed by atoms with Gasteiger partial charge in [0.05, 0.1) is 107 Å². The van der Waals surface area contributed by atoms with Crippen LogP contribution in [-0.4, -0.2) is 180 Å². The standard InChI is InChI=1S/C48H38O34/c1-2-3-4-5-6-7-8-9-10-11-12-80-44(75)28-24(42(71)72)19(37(61)62)25(43(73)74)29(47(78)81-45(76)26-20(38(63)64)15(33(53)54)13(31(49)50)16(34(55)56)21(26)39(65)66)30(28)48(79)82-46(77)27-22(40(67)68)17(35(57)58)14(32(51)52)18(36(59)60)23(27)41(69)70/h2-12H2,1H3,(H,49,50)(H,51,52)(H,53,54)(H,55,56)(H,57,58)(H,59,60)(H,61,62)(H,63,64)(H,65,66)(H,67,68)(H,69,70)(H,71,72)(H,73,74). The monoisotopic (exact) mass is 1160 g/mol. The summed E-state index contributed by atoms with van der Waals surface area (Å²) < 4.78 is 13.8. The van der Waals surface area contributed by atoms with Crippen LogP contribution in [0.4, 0.5) is 0 Å². The Bertz CT molecular complexity index is 3320. The normalized spacial score (nSPS) is 10.6. The summed E-state index contributed by atoms with van der Waals surface area (Å²) in [5.41, 5.74) is -42.3. The Balaban J connectivity index is 2.69. The van der Waals surface area contributed by atoms with E-state index in [1.165, 1.54) is 0 Å². The van der Waals surface area contributed by atoms with Gasteiger partial charge in [0, 0.05) is 0 Å². The van der Waals surface area contributed by atoms with Crippen molar-refractivity contribution in [1.29, 1.82) is 0 Å². The van der Waals surface area contributed by atoms with Gasteiger partial charge in [0.1, 0.15) is 0 Å². The third-order valence-electron chi connectivity index (χ3n) is 11.4. The van der Waals surface area contributed by atoms with Crippen LogP contribution in [-0.2, 0) is 14.2 Å². The van der Waals surface area contributed by atoms with Gasteiger partial charge in [0.2, 0.25) is 0 Å². The van der Waals surface area contributed by atoms with Crippen LogP contribution in [0.1, 0.15) is 258 Å². The Morgan fingerprint density at radius 1 is 0.220 bits per heavy atom. The van der Waals surface area contributed by atoms with Crippen molar-refractivity contribution in [2.75, 3.05) is 6.61 Å². The molecule has 82 heavy (non-hydrogen) atoms. The molecule has 0 radical (unpaired) electrons. The predicted molar refractivity (Wildman–Crippen MR) is 251 cm³/mol. The zero-order valence-corrected chi connectivity index (χ0v) is 41.2. The van der Waals surface area contributed by atoms with Crippen molar-refractivity contribution in [3.05, 3.63) is 100 Å². The molecule has 0 fully saturated rings. The molecule has 0 amide bonds.